The maximum absolute atomic E-state index is 11.8. The largest absolute Gasteiger partial charge is 0.382 e. The van der Waals surface area contributed by atoms with Crippen LogP contribution in [-0.2, 0) is 19.1 Å². The average molecular weight is 254 g/mol. The van der Waals surface area contributed by atoms with Crippen LogP contribution < -0.4 is 11.1 Å². The third-order valence-corrected chi connectivity index (χ3v) is 3.39. The number of nitrogens with two attached hydrogens (primary N) is 1. The predicted octanol–water partition coefficient (Wildman–Crippen LogP) is -0.663. The molecule has 0 aromatic carbocycles. The summed E-state index contributed by atoms with van der Waals surface area (Å²) in [4.78, 5) is 23.1. The van der Waals surface area contributed by atoms with E-state index < -0.39 is 5.92 Å². The highest BCUT2D eigenvalue weighted by molar-refractivity contribution is 6.08. The zero-order valence-corrected chi connectivity index (χ0v) is 10.5. The first-order valence-electron chi connectivity index (χ1n) is 5.96. The Morgan fingerprint density at radius 2 is 2.28 bits per heavy atom. The van der Waals surface area contributed by atoms with Crippen molar-refractivity contribution in [2.45, 2.75) is 31.6 Å². The summed E-state index contributed by atoms with van der Waals surface area (Å²) >= 11 is 0. The van der Waals surface area contributed by atoms with E-state index in [9.17, 15) is 9.59 Å². The van der Waals surface area contributed by atoms with Crippen LogP contribution >= 0.6 is 0 Å². The molecule has 6 heteroatoms. The van der Waals surface area contributed by atoms with Gasteiger partial charge in [0.25, 0.3) is 5.91 Å². The Hall–Kier alpha value is -1.24. The molecule has 0 bridgehead atoms. The van der Waals surface area contributed by atoms with Gasteiger partial charge in [0.1, 0.15) is 0 Å². The van der Waals surface area contributed by atoms with E-state index in [1.54, 1.807) is 20.1 Å². The second kappa shape index (κ2) is 5.17. The highest BCUT2D eigenvalue weighted by Crippen LogP contribution is 2.28. The lowest BCUT2D eigenvalue weighted by atomic mass is 9.92. The van der Waals surface area contributed by atoms with E-state index in [0.29, 0.717) is 18.6 Å². The topological polar surface area (TPSA) is 90.6 Å². The normalized spacial score (nSPS) is 36.5. The van der Waals surface area contributed by atoms with Crippen LogP contribution in [0.4, 0.5) is 0 Å². The summed E-state index contributed by atoms with van der Waals surface area (Å²) in [7, 11) is 1.58. The molecule has 18 heavy (non-hydrogen) atoms. The minimum absolute atomic E-state index is 0.144. The zero-order chi connectivity index (χ0) is 13.3. The van der Waals surface area contributed by atoms with Gasteiger partial charge in [-0.25, -0.2) is 0 Å². The fourth-order valence-corrected chi connectivity index (χ4v) is 2.35. The molecule has 3 unspecified atom stereocenters. The van der Waals surface area contributed by atoms with Gasteiger partial charge in [0, 0.05) is 18.7 Å². The van der Waals surface area contributed by atoms with Gasteiger partial charge in [-0.1, -0.05) is 6.08 Å². The Morgan fingerprint density at radius 3 is 2.94 bits per heavy atom. The first kappa shape index (κ1) is 13.2. The van der Waals surface area contributed by atoms with Crippen molar-refractivity contribution in [2.24, 2.45) is 11.7 Å². The second-order valence-electron chi connectivity index (χ2n) is 4.76. The van der Waals surface area contributed by atoms with Crippen LogP contribution in [0.25, 0.3) is 0 Å². The lowest BCUT2D eigenvalue weighted by Crippen LogP contribution is -2.44. The van der Waals surface area contributed by atoms with Crippen molar-refractivity contribution in [1.82, 2.24) is 5.32 Å². The monoisotopic (exact) mass is 254 g/mol. The number of carbonyl (C=O) groups is 2. The maximum Gasteiger partial charge on any atom is 0.253 e. The number of ether oxygens (including phenoxy) is 2. The van der Waals surface area contributed by atoms with Gasteiger partial charge in [-0.3, -0.25) is 14.9 Å². The fourth-order valence-electron chi connectivity index (χ4n) is 2.35. The van der Waals surface area contributed by atoms with Crippen LogP contribution in [0.15, 0.2) is 11.6 Å². The number of nitrogens with one attached hydrogen (secondary N) is 1. The quantitative estimate of drug-likeness (QED) is 0.652. The number of methoxy groups -OCH3 is 1. The summed E-state index contributed by atoms with van der Waals surface area (Å²) in [5.74, 6) is -1.11. The van der Waals surface area contributed by atoms with Crippen molar-refractivity contribution in [3.05, 3.63) is 11.6 Å². The smallest absolute Gasteiger partial charge is 0.253 e. The lowest BCUT2D eigenvalue weighted by Gasteiger charge is -2.23. The van der Waals surface area contributed by atoms with Crippen LogP contribution in [0, 0.1) is 5.92 Å². The number of hydrogen-bond donors (Lipinski definition) is 2. The lowest BCUT2D eigenvalue weighted by molar-refractivity contribution is -0.134. The first-order chi connectivity index (χ1) is 8.52. The van der Waals surface area contributed by atoms with Crippen molar-refractivity contribution < 1.29 is 19.1 Å². The highest BCUT2D eigenvalue weighted by atomic mass is 16.5. The van der Waals surface area contributed by atoms with Gasteiger partial charge in [0.15, 0.2) is 0 Å². The molecule has 0 radical (unpaired) electrons. The Balaban J connectivity index is 2.09. The van der Waals surface area contributed by atoms with Gasteiger partial charge in [-0.15, -0.1) is 0 Å². The number of rotatable bonds is 3. The van der Waals surface area contributed by atoms with Crippen LogP contribution in [0.5, 0.6) is 0 Å². The molecule has 6 nitrogen and oxygen atoms in total. The summed E-state index contributed by atoms with van der Waals surface area (Å²) in [6, 6.07) is -0.144. The molecule has 100 valence electrons. The molecular weight excluding hydrogens is 236 g/mol. The van der Waals surface area contributed by atoms with Gasteiger partial charge in [0.05, 0.1) is 24.7 Å². The standard InChI is InChI=1S/C12H18N2O4/c1-6-3-7(12(16)14-11(6)15)9-4-8(13)10(18-9)5-17-2/h3,7-10H,4-5,13H2,1-2H3,(H,14,15,16)/t7?,8?,9?,10-/m1/s1. The fraction of sp³-hybridized carbons (Fsp3) is 0.667. The Morgan fingerprint density at radius 1 is 1.56 bits per heavy atom. The minimum Gasteiger partial charge on any atom is -0.382 e. The summed E-state index contributed by atoms with van der Waals surface area (Å²) in [6.07, 6.45) is 1.76. The SMILES string of the molecule is COC[C@H]1OC(C2C=C(C)C(=O)NC2=O)CC1N. The number of amides is 2. The molecule has 0 spiro atoms. The molecule has 0 aromatic rings. The molecular formula is C12H18N2O4. The van der Waals surface area contributed by atoms with Crippen LogP contribution in [-0.4, -0.2) is 43.8 Å². The van der Waals surface area contributed by atoms with E-state index in [4.69, 9.17) is 15.2 Å². The summed E-state index contributed by atoms with van der Waals surface area (Å²) in [5, 5.41) is 2.32. The van der Waals surface area contributed by atoms with Gasteiger partial charge in [-0.2, -0.15) is 0 Å². The van der Waals surface area contributed by atoms with E-state index in [-0.39, 0.29) is 30.1 Å². The molecule has 0 aromatic heterocycles. The molecule has 0 saturated carbocycles. The van der Waals surface area contributed by atoms with E-state index in [2.05, 4.69) is 5.32 Å². The summed E-state index contributed by atoms with van der Waals surface area (Å²) in [5.41, 5.74) is 6.48. The predicted molar refractivity (Wildman–Crippen MR) is 63.5 cm³/mol. The maximum atomic E-state index is 11.8. The molecule has 2 rings (SSSR count). The molecule has 3 N–H and O–H groups in total. The van der Waals surface area contributed by atoms with Gasteiger partial charge >= 0.3 is 0 Å². The molecule has 2 heterocycles. The van der Waals surface area contributed by atoms with Crippen LogP contribution in [0.2, 0.25) is 0 Å². The summed E-state index contributed by atoms with van der Waals surface area (Å²) < 4.78 is 10.8. The molecule has 0 aliphatic carbocycles. The van der Waals surface area contributed by atoms with Gasteiger partial charge in [-0.05, 0) is 13.3 Å². The minimum atomic E-state index is -0.449. The van der Waals surface area contributed by atoms with Crippen LogP contribution in [0.1, 0.15) is 13.3 Å². The highest BCUT2D eigenvalue weighted by Gasteiger charge is 2.41. The molecule has 1 saturated heterocycles. The number of imide groups is 1. The van der Waals surface area contributed by atoms with Crippen molar-refractivity contribution in [2.75, 3.05) is 13.7 Å². The van der Waals surface area contributed by atoms with Crippen LogP contribution in [0.3, 0.4) is 0 Å². The van der Waals surface area contributed by atoms with E-state index in [1.165, 1.54) is 0 Å². The Bertz CT molecular complexity index is 394. The molecule has 2 aliphatic rings. The van der Waals surface area contributed by atoms with E-state index >= 15 is 0 Å². The van der Waals surface area contributed by atoms with Crippen molar-refractivity contribution in [3.63, 3.8) is 0 Å². The third-order valence-electron chi connectivity index (χ3n) is 3.39. The van der Waals surface area contributed by atoms with Crippen molar-refractivity contribution in [3.8, 4) is 0 Å². The molecule has 4 atom stereocenters. The Labute approximate surface area is 105 Å². The number of carbonyl (C=O) groups excluding carboxylic acids is 2. The Kier molecular flexibility index (Phi) is 3.79. The van der Waals surface area contributed by atoms with E-state index in [1.807, 2.05) is 0 Å². The molecule has 1 fully saturated rings. The third kappa shape index (κ3) is 2.45. The molecule has 2 amide bonds. The zero-order valence-electron chi connectivity index (χ0n) is 10.5. The molecule has 2 aliphatic heterocycles. The van der Waals surface area contributed by atoms with Gasteiger partial charge in [0.2, 0.25) is 5.91 Å². The van der Waals surface area contributed by atoms with Crippen molar-refractivity contribution in [1.29, 1.82) is 0 Å². The van der Waals surface area contributed by atoms with E-state index in [0.717, 1.165) is 0 Å². The second-order valence-corrected chi connectivity index (χ2v) is 4.76. The first-order valence-corrected chi connectivity index (χ1v) is 5.96. The average Bonchev–Trinajstić information content (AvgIpc) is 2.66. The van der Waals surface area contributed by atoms with Gasteiger partial charge < -0.3 is 15.2 Å². The summed E-state index contributed by atoms with van der Waals surface area (Å²) in [6.45, 7) is 2.09. The van der Waals surface area contributed by atoms with Crippen molar-refractivity contribution >= 4 is 11.8 Å². The number of hydrogen-bond acceptors (Lipinski definition) is 5.